The predicted molar refractivity (Wildman–Crippen MR) is 122 cm³/mol. The van der Waals surface area contributed by atoms with Gasteiger partial charge < -0.3 is 10.2 Å². The van der Waals surface area contributed by atoms with E-state index in [1.165, 1.54) is 24.4 Å². The number of para-hydroxylation sites is 1. The number of nitrogens with one attached hydrogen (secondary N) is 1. The second kappa shape index (κ2) is 9.43. The van der Waals surface area contributed by atoms with Crippen molar-refractivity contribution in [2.24, 2.45) is 0 Å². The quantitative estimate of drug-likeness (QED) is 0.413. The molecule has 34 heavy (non-hydrogen) atoms. The van der Waals surface area contributed by atoms with Crippen molar-refractivity contribution in [3.05, 3.63) is 69.5 Å². The van der Waals surface area contributed by atoms with Crippen LogP contribution < -0.4 is 10.2 Å². The Bertz CT molecular complexity index is 1250. The summed E-state index contributed by atoms with van der Waals surface area (Å²) in [6.45, 7) is 1.92. The number of carbonyl (C=O) groups is 1. The highest BCUT2D eigenvalue weighted by molar-refractivity contribution is 6.34. The fourth-order valence-corrected chi connectivity index (χ4v) is 4.23. The molecule has 2 heterocycles. The van der Waals surface area contributed by atoms with Gasteiger partial charge in [0.25, 0.3) is 5.69 Å². The maximum Gasteiger partial charge on any atom is 0.418 e. The van der Waals surface area contributed by atoms with Crippen LogP contribution in [0.15, 0.2) is 48.8 Å². The van der Waals surface area contributed by atoms with Gasteiger partial charge in [-0.15, -0.1) is 0 Å². The van der Waals surface area contributed by atoms with Gasteiger partial charge in [0.05, 0.1) is 33.1 Å². The number of alkyl halides is 3. The molecule has 1 N–H and O–H groups in total. The molecule has 1 saturated heterocycles. The van der Waals surface area contributed by atoms with E-state index in [4.69, 9.17) is 11.6 Å². The SMILES string of the molecule is O=C(CN1CCN(c2ccc([N+](=O)[O-])c3cnccc23)CC1)Nc1c(Cl)cccc1C(F)(F)F. The topological polar surface area (TPSA) is 91.6 Å². The molecule has 0 radical (unpaired) electrons. The van der Waals surface area contributed by atoms with Crippen LogP contribution >= 0.6 is 11.6 Å². The average Bonchev–Trinajstić information content (AvgIpc) is 2.79. The highest BCUT2D eigenvalue weighted by Gasteiger charge is 2.35. The van der Waals surface area contributed by atoms with E-state index in [1.54, 1.807) is 18.3 Å². The molecule has 0 bridgehead atoms. The molecule has 0 spiro atoms. The summed E-state index contributed by atoms with van der Waals surface area (Å²) >= 11 is 5.91. The second-order valence-corrected chi connectivity index (χ2v) is 8.16. The number of piperazine rings is 1. The number of nitro groups is 1. The fourth-order valence-electron chi connectivity index (χ4n) is 4.01. The normalized spacial score (nSPS) is 14.9. The van der Waals surface area contributed by atoms with Crippen molar-refractivity contribution in [1.82, 2.24) is 9.88 Å². The Morgan fingerprint density at radius 3 is 2.53 bits per heavy atom. The summed E-state index contributed by atoms with van der Waals surface area (Å²) in [7, 11) is 0. The molecule has 2 aromatic carbocycles. The largest absolute Gasteiger partial charge is 0.418 e. The molecule has 178 valence electrons. The zero-order chi connectivity index (χ0) is 24.5. The summed E-state index contributed by atoms with van der Waals surface area (Å²) < 4.78 is 39.8. The van der Waals surface area contributed by atoms with Crippen LogP contribution in [-0.4, -0.2) is 53.4 Å². The van der Waals surface area contributed by atoms with E-state index in [2.05, 4.69) is 15.2 Å². The predicted octanol–water partition coefficient (Wildman–Crippen LogP) is 4.58. The Morgan fingerprint density at radius 2 is 1.85 bits per heavy atom. The lowest BCUT2D eigenvalue weighted by Crippen LogP contribution is -2.48. The van der Waals surface area contributed by atoms with Crippen LogP contribution in [0.5, 0.6) is 0 Å². The van der Waals surface area contributed by atoms with Gasteiger partial charge in [-0.25, -0.2) is 0 Å². The molecule has 1 aliphatic rings. The molecule has 1 aliphatic heterocycles. The van der Waals surface area contributed by atoms with Crippen molar-refractivity contribution in [3.63, 3.8) is 0 Å². The molecule has 8 nitrogen and oxygen atoms in total. The number of non-ortho nitro benzene ring substituents is 1. The van der Waals surface area contributed by atoms with E-state index < -0.39 is 28.3 Å². The van der Waals surface area contributed by atoms with E-state index in [1.807, 2.05) is 4.90 Å². The first kappa shape index (κ1) is 23.7. The van der Waals surface area contributed by atoms with Gasteiger partial charge in [0.15, 0.2) is 0 Å². The summed E-state index contributed by atoms with van der Waals surface area (Å²) in [4.78, 5) is 31.2. The lowest BCUT2D eigenvalue weighted by molar-refractivity contribution is -0.383. The van der Waals surface area contributed by atoms with E-state index in [-0.39, 0.29) is 17.3 Å². The van der Waals surface area contributed by atoms with Crippen molar-refractivity contribution < 1.29 is 22.9 Å². The van der Waals surface area contributed by atoms with E-state index in [0.717, 1.165) is 11.8 Å². The number of halogens is 4. The van der Waals surface area contributed by atoms with Gasteiger partial charge in [-0.1, -0.05) is 17.7 Å². The summed E-state index contributed by atoms with van der Waals surface area (Å²) in [6.07, 6.45) is -1.62. The van der Waals surface area contributed by atoms with Gasteiger partial charge in [0.2, 0.25) is 5.91 Å². The van der Waals surface area contributed by atoms with Gasteiger partial charge in [-0.3, -0.25) is 24.8 Å². The van der Waals surface area contributed by atoms with Crippen molar-refractivity contribution >= 4 is 45.3 Å². The minimum absolute atomic E-state index is 0.0278. The maximum atomic E-state index is 13.3. The smallest absolute Gasteiger partial charge is 0.368 e. The zero-order valence-electron chi connectivity index (χ0n) is 17.7. The molecular formula is C22H19ClF3N5O3. The van der Waals surface area contributed by atoms with Crippen molar-refractivity contribution in [2.45, 2.75) is 6.18 Å². The average molecular weight is 494 g/mol. The minimum Gasteiger partial charge on any atom is -0.368 e. The van der Waals surface area contributed by atoms with Crippen molar-refractivity contribution in [1.29, 1.82) is 0 Å². The molecule has 0 atom stereocenters. The Kier molecular flexibility index (Phi) is 6.58. The van der Waals surface area contributed by atoms with Crippen LogP contribution in [0.1, 0.15) is 5.56 Å². The molecular weight excluding hydrogens is 475 g/mol. The van der Waals surface area contributed by atoms with Crippen LogP contribution in [0.25, 0.3) is 10.8 Å². The third kappa shape index (κ3) is 4.90. The molecule has 12 heteroatoms. The highest BCUT2D eigenvalue weighted by Crippen LogP contribution is 2.38. The Hall–Kier alpha value is -3.44. The van der Waals surface area contributed by atoms with Gasteiger partial charge in [-0.05, 0) is 24.3 Å². The number of aromatic nitrogens is 1. The maximum absolute atomic E-state index is 13.3. The van der Waals surface area contributed by atoms with E-state index in [9.17, 15) is 28.1 Å². The third-order valence-electron chi connectivity index (χ3n) is 5.63. The molecule has 1 amide bonds. The molecule has 1 aromatic heterocycles. The number of amides is 1. The first-order valence-corrected chi connectivity index (χ1v) is 10.7. The van der Waals surface area contributed by atoms with Crippen LogP contribution in [0, 0.1) is 10.1 Å². The first-order valence-electron chi connectivity index (χ1n) is 10.3. The van der Waals surface area contributed by atoms with Gasteiger partial charge >= 0.3 is 6.18 Å². The molecule has 4 rings (SSSR count). The third-order valence-corrected chi connectivity index (χ3v) is 5.95. The standard InChI is InChI=1S/C22H19ClF3N5O3/c23-17-3-1-2-16(22(24,25)26)21(17)28-20(32)13-29-8-10-30(11-9-29)18-4-5-19(31(33)34)15-12-27-7-6-14(15)18/h1-7,12H,8-11,13H2,(H,28,32). The Balaban J connectivity index is 1.43. The Morgan fingerprint density at radius 1 is 1.12 bits per heavy atom. The van der Waals surface area contributed by atoms with E-state index >= 15 is 0 Å². The summed E-state index contributed by atoms with van der Waals surface area (Å²) in [5, 5.41) is 14.6. The molecule has 1 fully saturated rings. The number of carbonyl (C=O) groups excluding carboxylic acids is 1. The molecule has 3 aromatic rings. The second-order valence-electron chi connectivity index (χ2n) is 7.75. The summed E-state index contributed by atoms with van der Waals surface area (Å²) in [6, 6.07) is 8.19. The van der Waals surface area contributed by atoms with E-state index in [0.29, 0.717) is 37.0 Å². The zero-order valence-corrected chi connectivity index (χ0v) is 18.4. The number of nitro benzene ring substituents is 1. The van der Waals surface area contributed by atoms with Gasteiger partial charge in [0, 0.05) is 55.7 Å². The van der Waals surface area contributed by atoms with Crippen molar-refractivity contribution in [3.8, 4) is 0 Å². The number of rotatable bonds is 5. The van der Waals surface area contributed by atoms with Crippen LogP contribution in [0.3, 0.4) is 0 Å². The number of nitrogens with zero attached hydrogens (tertiary/aromatic N) is 4. The van der Waals surface area contributed by atoms with Gasteiger partial charge in [0.1, 0.15) is 0 Å². The van der Waals surface area contributed by atoms with Crippen LogP contribution in [0.2, 0.25) is 5.02 Å². The van der Waals surface area contributed by atoms with Crippen LogP contribution in [-0.2, 0) is 11.0 Å². The number of anilines is 2. The number of hydrogen-bond donors (Lipinski definition) is 1. The first-order chi connectivity index (χ1) is 16.1. The number of pyridine rings is 1. The van der Waals surface area contributed by atoms with Gasteiger partial charge in [-0.2, -0.15) is 13.2 Å². The fraction of sp³-hybridized carbons (Fsp3) is 0.273. The van der Waals surface area contributed by atoms with Crippen molar-refractivity contribution in [2.75, 3.05) is 42.9 Å². The molecule has 0 saturated carbocycles. The number of hydrogen-bond acceptors (Lipinski definition) is 6. The molecule has 0 unspecified atom stereocenters. The number of fused-ring (bicyclic) bond motifs is 1. The molecule has 0 aliphatic carbocycles. The Labute approximate surface area is 197 Å². The minimum atomic E-state index is -4.65. The monoisotopic (exact) mass is 493 g/mol. The highest BCUT2D eigenvalue weighted by atomic mass is 35.5. The lowest BCUT2D eigenvalue weighted by Gasteiger charge is -2.36. The number of benzene rings is 2. The lowest BCUT2D eigenvalue weighted by atomic mass is 10.1. The summed E-state index contributed by atoms with van der Waals surface area (Å²) in [5.74, 6) is -0.598. The summed E-state index contributed by atoms with van der Waals surface area (Å²) in [5.41, 5.74) is -0.665. The van der Waals surface area contributed by atoms with Crippen LogP contribution in [0.4, 0.5) is 30.2 Å².